The van der Waals surface area contributed by atoms with Gasteiger partial charge in [-0.1, -0.05) is 0 Å². The summed E-state index contributed by atoms with van der Waals surface area (Å²) < 4.78 is 5.08. The topological polar surface area (TPSA) is 76.4 Å². The first-order valence-corrected chi connectivity index (χ1v) is 6.90. The molecule has 2 rings (SSSR count). The van der Waals surface area contributed by atoms with Gasteiger partial charge in [0.15, 0.2) is 5.75 Å². The molecule has 0 unspecified atom stereocenters. The van der Waals surface area contributed by atoms with Gasteiger partial charge in [-0.25, -0.2) is 0 Å². The van der Waals surface area contributed by atoms with Crippen LogP contribution in [0, 0.1) is 10.1 Å². The predicted octanol–water partition coefficient (Wildman–Crippen LogP) is 2.55. The Morgan fingerprint density at radius 1 is 1.25 bits per heavy atom. The van der Waals surface area contributed by atoms with Crippen LogP contribution < -0.4 is 15.4 Å². The third-order valence-electron chi connectivity index (χ3n) is 3.88. The van der Waals surface area contributed by atoms with E-state index in [1.54, 1.807) is 12.1 Å². The molecule has 20 heavy (non-hydrogen) atoms. The zero-order valence-corrected chi connectivity index (χ0v) is 11.9. The Hall–Kier alpha value is -1.82. The lowest BCUT2D eigenvalue weighted by Crippen LogP contribution is -2.34. The Labute approximate surface area is 118 Å². The van der Waals surface area contributed by atoms with Crippen molar-refractivity contribution in [3.63, 3.8) is 0 Å². The first-order valence-electron chi connectivity index (χ1n) is 6.90. The number of hydrogen-bond acceptors (Lipinski definition) is 5. The number of ether oxygens (including phenoxy) is 1. The van der Waals surface area contributed by atoms with Crippen LogP contribution in [0.5, 0.6) is 5.75 Å². The number of nitrogens with one attached hydrogen (secondary N) is 2. The van der Waals surface area contributed by atoms with Crippen molar-refractivity contribution in [3.05, 3.63) is 28.3 Å². The van der Waals surface area contributed by atoms with Crippen LogP contribution in [0.4, 0.5) is 11.4 Å². The van der Waals surface area contributed by atoms with E-state index in [0.717, 1.165) is 31.4 Å². The van der Waals surface area contributed by atoms with Crippen molar-refractivity contribution in [3.8, 4) is 5.75 Å². The number of methoxy groups -OCH3 is 1. The quantitative estimate of drug-likeness (QED) is 0.640. The molecule has 110 valence electrons. The van der Waals surface area contributed by atoms with Gasteiger partial charge < -0.3 is 15.4 Å². The van der Waals surface area contributed by atoms with Crippen LogP contribution >= 0.6 is 0 Å². The summed E-state index contributed by atoms with van der Waals surface area (Å²) in [5.74, 6) is 0.295. The van der Waals surface area contributed by atoms with Gasteiger partial charge in [-0.05, 0) is 38.8 Å². The zero-order chi connectivity index (χ0) is 14.5. The SMILES string of the molecule is CNC1CCC(Nc2ccc([N+](=O)[O-])c(OC)c2)CC1. The molecule has 0 saturated heterocycles. The van der Waals surface area contributed by atoms with Crippen molar-refractivity contribution >= 4 is 11.4 Å². The molecule has 1 aromatic carbocycles. The van der Waals surface area contributed by atoms with Gasteiger partial charge in [-0.15, -0.1) is 0 Å². The van der Waals surface area contributed by atoms with Crippen LogP contribution in [0.15, 0.2) is 18.2 Å². The molecule has 0 aromatic heterocycles. The Morgan fingerprint density at radius 3 is 2.45 bits per heavy atom. The Morgan fingerprint density at radius 2 is 1.90 bits per heavy atom. The normalized spacial score (nSPS) is 22.3. The Kier molecular flexibility index (Phi) is 4.79. The molecular weight excluding hydrogens is 258 g/mol. The lowest BCUT2D eigenvalue weighted by Gasteiger charge is -2.29. The smallest absolute Gasteiger partial charge is 0.311 e. The molecule has 0 atom stereocenters. The van der Waals surface area contributed by atoms with Gasteiger partial charge in [0.05, 0.1) is 12.0 Å². The number of benzene rings is 1. The molecule has 0 spiro atoms. The number of nitro groups is 1. The Balaban J connectivity index is 2.01. The largest absolute Gasteiger partial charge is 0.490 e. The molecule has 0 bridgehead atoms. The number of nitrogens with zero attached hydrogens (tertiary/aromatic N) is 1. The van der Waals surface area contributed by atoms with Crippen molar-refractivity contribution in [1.82, 2.24) is 5.32 Å². The summed E-state index contributed by atoms with van der Waals surface area (Å²) in [5.41, 5.74) is 0.872. The number of rotatable bonds is 5. The summed E-state index contributed by atoms with van der Waals surface area (Å²) in [4.78, 5) is 10.4. The molecule has 6 heteroatoms. The molecule has 6 nitrogen and oxygen atoms in total. The highest BCUT2D eigenvalue weighted by atomic mass is 16.6. The van der Waals surface area contributed by atoms with E-state index in [2.05, 4.69) is 10.6 Å². The summed E-state index contributed by atoms with van der Waals surface area (Å²) in [6.45, 7) is 0. The molecule has 1 saturated carbocycles. The lowest BCUT2D eigenvalue weighted by molar-refractivity contribution is -0.385. The average molecular weight is 279 g/mol. The molecule has 1 aromatic rings. The maximum atomic E-state index is 10.8. The number of hydrogen-bond donors (Lipinski definition) is 2. The van der Waals surface area contributed by atoms with Crippen LogP contribution in [-0.2, 0) is 0 Å². The standard InChI is InChI=1S/C14H21N3O3/c1-15-10-3-5-11(6-4-10)16-12-7-8-13(17(18)19)14(9-12)20-2/h7-11,15-16H,3-6H2,1-2H3. The van der Waals surface area contributed by atoms with E-state index in [4.69, 9.17) is 4.74 Å². The van der Waals surface area contributed by atoms with Gasteiger partial charge in [0.2, 0.25) is 0 Å². The molecule has 0 amide bonds. The summed E-state index contributed by atoms with van der Waals surface area (Å²) >= 11 is 0. The van der Waals surface area contributed by atoms with E-state index < -0.39 is 4.92 Å². The van der Waals surface area contributed by atoms with Crippen LogP contribution in [0.3, 0.4) is 0 Å². The molecule has 0 aliphatic heterocycles. The fourth-order valence-electron chi connectivity index (χ4n) is 2.68. The van der Waals surface area contributed by atoms with Gasteiger partial charge >= 0.3 is 5.69 Å². The van der Waals surface area contributed by atoms with E-state index in [1.807, 2.05) is 7.05 Å². The highest BCUT2D eigenvalue weighted by Crippen LogP contribution is 2.31. The summed E-state index contributed by atoms with van der Waals surface area (Å²) in [7, 11) is 3.45. The molecular formula is C14H21N3O3. The third-order valence-corrected chi connectivity index (χ3v) is 3.88. The minimum absolute atomic E-state index is 0.00283. The van der Waals surface area contributed by atoms with Crippen molar-refractivity contribution < 1.29 is 9.66 Å². The molecule has 1 aliphatic carbocycles. The first-order chi connectivity index (χ1) is 9.63. The van der Waals surface area contributed by atoms with Gasteiger partial charge in [0, 0.05) is 29.9 Å². The van der Waals surface area contributed by atoms with Crippen molar-refractivity contribution in [2.45, 2.75) is 37.8 Å². The molecule has 0 radical (unpaired) electrons. The second-order valence-corrected chi connectivity index (χ2v) is 5.13. The van der Waals surface area contributed by atoms with E-state index >= 15 is 0 Å². The summed E-state index contributed by atoms with van der Waals surface area (Å²) in [6, 6.07) is 5.96. The number of nitro benzene ring substituents is 1. The fraction of sp³-hybridized carbons (Fsp3) is 0.571. The van der Waals surface area contributed by atoms with Crippen LogP contribution in [0.2, 0.25) is 0 Å². The van der Waals surface area contributed by atoms with Crippen LogP contribution in [0.1, 0.15) is 25.7 Å². The second-order valence-electron chi connectivity index (χ2n) is 5.13. The maximum absolute atomic E-state index is 10.8. The van der Waals surface area contributed by atoms with Gasteiger partial charge in [-0.3, -0.25) is 10.1 Å². The molecule has 0 heterocycles. The van der Waals surface area contributed by atoms with Crippen molar-refractivity contribution in [1.29, 1.82) is 0 Å². The monoisotopic (exact) mass is 279 g/mol. The van der Waals surface area contributed by atoms with Gasteiger partial charge in [0.1, 0.15) is 0 Å². The lowest BCUT2D eigenvalue weighted by atomic mass is 9.91. The minimum Gasteiger partial charge on any atom is -0.490 e. The van der Waals surface area contributed by atoms with Crippen LogP contribution in [-0.4, -0.2) is 31.2 Å². The Bertz CT molecular complexity index is 471. The van der Waals surface area contributed by atoms with Gasteiger partial charge in [-0.2, -0.15) is 0 Å². The van der Waals surface area contributed by atoms with E-state index in [1.165, 1.54) is 13.2 Å². The van der Waals surface area contributed by atoms with E-state index in [9.17, 15) is 10.1 Å². The van der Waals surface area contributed by atoms with E-state index in [-0.39, 0.29) is 5.69 Å². The highest BCUT2D eigenvalue weighted by Gasteiger charge is 2.21. The summed E-state index contributed by atoms with van der Waals surface area (Å²) in [6.07, 6.45) is 4.51. The predicted molar refractivity (Wildman–Crippen MR) is 78.4 cm³/mol. The maximum Gasteiger partial charge on any atom is 0.311 e. The molecule has 1 fully saturated rings. The first kappa shape index (κ1) is 14.6. The highest BCUT2D eigenvalue weighted by molar-refractivity contribution is 5.58. The van der Waals surface area contributed by atoms with E-state index in [0.29, 0.717) is 17.8 Å². The molecule has 2 N–H and O–H groups in total. The zero-order valence-electron chi connectivity index (χ0n) is 11.9. The number of anilines is 1. The van der Waals surface area contributed by atoms with Crippen molar-refractivity contribution in [2.24, 2.45) is 0 Å². The van der Waals surface area contributed by atoms with Crippen LogP contribution in [0.25, 0.3) is 0 Å². The summed E-state index contributed by atoms with van der Waals surface area (Å²) in [5, 5.41) is 17.6. The second kappa shape index (κ2) is 6.56. The minimum atomic E-state index is -0.430. The fourth-order valence-corrected chi connectivity index (χ4v) is 2.68. The third kappa shape index (κ3) is 3.39. The average Bonchev–Trinajstić information content (AvgIpc) is 2.47. The van der Waals surface area contributed by atoms with Crippen molar-refractivity contribution in [2.75, 3.05) is 19.5 Å². The molecule has 1 aliphatic rings. The van der Waals surface area contributed by atoms with Gasteiger partial charge in [0.25, 0.3) is 0 Å².